The Bertz CT molecular complexity index is 128. The van der Waals surface area contributed by atoms with Crippen LogP contribution >= 0.6 is 11.6 Å². The van der Waals surface area contributed by atoms with E-state index in [1.165, 1.54) is 0 Å². The zero-order valence-electron chi connectivity index (χ0n) is 7.72. The Morgan fingerprint density at radius 2 is 2.25 bits per heavy atom. The first-order valence-electron chi connectivity index (χ1n) is 4.30. The van der Waals surface area contributed by atoms with Gasteiger partial charge in [-0.3, -0.25) is 4.90 Å². The quantitative estimate of drug-likeness (QED) is 0.487. The number of aliphatic hydroxyl groups excluding tert-OH is 1. The molecular weight excluding hydrogens is 174 g/mol. The summed E-state index contributed by atoms with van der Waals surface area (Å²) >= 11 is 5.61. The average molecular weight is 192 g/mol. The largest absolute Gasteiger partial charge is 0.396 e. The highest BCUT2D eigenvalue weighted by molar-refractivity contribution is 6.19. The zero-order chi connectivity index (χ0) is 9.40. The van der Waals surface area contributed by atoms with Crippen molar-refractivity contribution in [1.29, 1.82) is 0 Å². The number of halogens is 1. The number of alkyl halides is 1. The summed E-state index contributed by atoms with van der Waals surface area (Å²) in [5.74, 6) is 0.523. The summed E-state index contributed by atoms with van der Waals surface area (Å²) in [6, 6.07) is 0. The average Bonchev–Trinajstić information content (AvgIpc) is 2.11. The van der Waals surface area contributed by atoms with Crippen LogP contribution in [0, 0.1) is 0 Å². The van der Waals surface area contributed by atoms with E-state index in [4.69, 9.17) is 16.7 Å². The van der Waals surface area contributed by atoms with Crippen molar-refractivity contribution < 1.29 is 5.11 Å². The van der Waals surface area contributed by atoms with Crippen LogP contribution in [0.3, 0.4) is 0 Å². The molecule has 0 unspecified atom stereocenters. The van der Waals surface area contributed by atoms with Crippen LogP contribution < -0.4 is 0 Å². The van der Waals surface area contributed by atoms with Crippen molar-refractivity contribution in [3.8, 4) is 0 Å². The van der Waals surface area contributed by atoms with Crippen molar-refractivity contribution in [2.45, 2.75) is 13.3 Å². The monoisotopic (exact) mass is 191 g/mol. The van der Waals surface area contributed by atoms with E-state index in [0.717, 1.165) is 31.6 Å². The highest BCUT2D eigenvalue weighted by Crippen LogP contribution is 1.99. The van der Waals surface area contributed by atoms with Crippen LogP contribution in [0.15, 0.2) is 12.2 Å². The lowest BCUT2D eigenvalue weighted by atomic mass is 10.3. The van der Waals surface area contributed by atoms with Gasteiger partial charge in [0, 0.05) is 25.6 Å². The van der Waals surface area contributed by atoms with Gasteiger partial charge < -0.3 is 5.11 Å². The summed E-state index contributed by atoms with van der Waals surface area (Å²) in [6.45, 7) is 8.93. The molecule has 2 nitrogen and oxygen atoms in total. The maximum absolute atomic E-state index is 8.63. The van der Waals surface area contributed by atoms with Crippen LogP contribution in [0.4, 0.5) is 0 Å². The van der Waals surface area contributed by atoms with E-state index in [0.29, 0.717) is 5.88 Å². The van der Waals surface area contributed by atoms with E-state index in [1.807, 2.05) is 0 Å². The van der Waals surface area contributed by atoms with Crippen molar-refractivity contribution in [3.63, 3.8) is 0 Å². The smallest absolute Gasteiger partial charge is 0.0443 e. The van der Waals surface area contributed by atoms with Crippen molar-refractivity contribution in [3.05, 3.63) is 12.2 Å². The number of aliphatic hydroxyl groups is 1. The van der Waals surface area contributed by atoms with Gasteiger partial charge in [-0.2, -0.15) is 0 Å². The van der Waals surface area contributed by atoms with Crippen molar-refractivity contribution in [2.75, 3.05) is 32.1 Å². The second-order valence-electron chi connectivity index (χ2n) is 2.83. The Labute approximate surface area is 79.8 Å². The lowest BCUT2D eigenvalue weighted by Gasteiger charge is -2.20. The molecule has 0 bridgehead atoms. The topological polar surface area (TPSA) is 23.5 Å². The molecule has 0 fully saturated rings. The first kappa shape index (κ1) is 11.9. The minimum Gasteiger partial charge on any atom is -0.396 e. The number of nitrogens with zero attached hydrogens (tertiary/aromatic N) is 1. The van der Waals surface area contributed by atoms with Gasteiger partial charge in [0.15, 0.2) is 0 Å². The van der Waals surface area contributed by atoms with E-state index in [-0.39, 0.29) is 6.61 Å². The third-order valence-electron chi connectivity index (χ3n) is 1.72. The molecule has 0 aromatic carbocycles. The van der Waals surface area contributed by atoms with Gasteiger partial charge in [0.05, 0.1) is 0 Å². The predicted octanol–water partition coefficient (Wildman–Crippen LogP) is 1.49. The van der Waals surface area contributed by atoms with Crippen molar-refractivity contribution in [2.24, 2.45) is 0 Å². The third-order valence-corrected chi connectivity index (χ3v) is 2.09. The van der Waals surface area contributed by atoms with Gasteiger partial charge in [-0.05, 0) is 18.5 Å². The van der Waals surface area contributed by atoms with Gasteiger partial charge in [0.25, 0.3) is 0 Å². The van der Waals surface area contributed by atoms with E-state index >= 15 is 0 Å². The van der Waals surface area contributed by atoms with Crippen LogP contribution in [0.25, 0.3) is 0 Å². The highest BCUT2D eigenvalue weighted by atomic mass is 35.5. The summed E-state index contributed by atoms with van der Waals surface area (Å²) in [5, 5.41) is 8.63. The van der Waals surface area contributed by atoms with Crippen LogP contribution in [0.5, 0.6) is 0 Å². The molecule has 0 aromatic heterocycles. The predicted molar refractivity (Wildman–Crippen MR) is 53.7 cm³/mol. The fourth-order valence-corrected chi connectivity index (χ4v) is 1.09. The fourth-order valence-electron chi connectivity index (χ4n) is 1.00. The zero-order valence-corrected chi connectivity index (χ0v) is 8.48. The van der Waals surface area contributed by atoms with Gasteiger partial charge in [0.2, 0.25) is 0 Å². The summed E-state index contributed by atoms with van der Waals surface area (Å²) in [4.78, 5) is 2.22. The van der Waals surface area contributed by atoms with Crippen LogP contribution in [0.2, 0.25) is 0 Å². The summed E-state index contributed by atoms with van der Waals surface area (Å²) < 4.78 is 0. The molecule has 1 N–H and O–H groups in total. The molecule has 0 atom stereocenters. The molecule has 0 aliphatic heterocycles. The van der Waals surface area contributed by atoms with Crippen LogP contribution in [-0.4, -0.2) is 42.1 Å². The summed E-state index contributed by atoms with van der Waals surface area (Å²) in [7, 11) is 0. The first-order valence-corrected chi connectivity index (χ1v) is 4.83. The van der Waals surface area contributed by atoms with Gasteiger partial charge in [-0.1, -0.05) is 13.5 Å². The van der Waals surface area contributed by atoms with Gasteiger partial charge in [-0.15, -0.1) is 11.6 Å². The number of hydrogen-bond donors (Lipinski definition) is 1. The normalized spacial score (nSPS) is 10.7. The van der Waals surface area contributed by atoms with E-state index in [1.54, 1.807) is 0 Å². The lowest BCUT2D eigenvalue weighted by molar-refractivity contribution is 0.239. The number of likely N-dealkylation sites (N-methyl/N-ethyl adjacent to an activating group) is 1. The Kier molecular flexibility index (Phi) is 7.56. The number of rotatable bonds is 7. The molecular formula is C9H18ClNO. The lowest BCUT2D eigenvalue weighted by Crippen LogP contribution is -2.27. The minimum absolute atomic E-state index is 0.254. The number of hydrogen-bond acceptors (Lipinski definition) is 2. The second-order valence-corrected chi connectivity index (χ2v) is 3.10. The SMILES string of the molecule is C=C(CCl)CN(CC)CCCO. The molecule has 0 heterocycles. The third kappa shape index (κ3) is 5.58. The van der Waals surface area contributed by atoms with Gasteiger partial charge in [0.1, 0.15) is 0 Å². The standard InChI is InChI=1S/C9H18ClNO/c1-3-11(5-4-6-12)8-9(2)7-10/h12H,2-8H2,1H3. The minimum atomic E-state index is 0.254. The summed E-state index contributed by atoms with van der Waals surface area (Å²) in [5.41, 5.74) is 1.04. The molecule has 0 aliphatic rings. The molecule has 0 saturated heterocycles. The molecule has 0 radical (unpaired) electrons. The Balaban J connectivity index is 3.59. The maximum Gasteiger partial charge on any atom is 0.0443 e. The molecule has 72 valence electrons. The van der Waals surface area contributed by atoms with Crippen LogP contribution in [-0.2, 0) is 0 Å². The van der Waals surface area contributed by atoms with E-state index < -0.39 is 0 Å². The Morgan fingerprint density at radius 1 is 1.58 bits per heavy atom. The van der Waals surface area contributed by atoms with Gasteiger partial charge in [-0.25, -0.2) is 0 Å². The second kappa shape index (κ2) is 7.59. The Morgan fingerprint density at radius 3 is 2.67 bits per heavy atom. The molecule has 0 amide bonds. The molecule has 0 aromatic rings. The fraction of sp³-hybridized carbons (Fsp3) is 0.778. The van der Waals surface area contributed by atoms with Gasteiger partial charge >= 0.3 is 0 Å². The van der Waals surface area contributed by atoms with Crippen LogP contribution in [0.1, 0.15) is 13.3 Å². The first-order chi connectivity index (χ1) is 5.74. The molecule has 0 rings (SSSR count). The maximum atomic E-state index is 8.63. The van der Waals surface area contributed by atoms with E-state index in [2.05, 4.69) is 18.4 Å². The molecule has 0 spiro atoms. The van der Waals surface area contributed by atoms with E-state index in [9.17, 15) is 0 Å². The molecule has 3 heteroatoms. The molecule has 0 saturated carbocycles. The molecule has 0 aliphatic carbocycles. The summed E-state index contributed by atoms with van der Waals surface area (Å²) in [6.07, 6.45) is 0.823. The Hall–Kier alpha value is -0.0500. The van der Waals surface area contributed by atoms with Crippen molar-refractivity contribution >= 4 is 11.6 Å². The highest BCUT2D eigenvalue weighted by Gasteiger charge is 2.02. The van der Waals surface area contributed by atoms with Crippen molar-refractivity contribution in [1.82, 2.24) is 4.90 Å². The molecule has 12 heavy (non-hydrogen) atoms.